The Morgan fingerprint density at radius 2 is 1.90 bits per heavy atom. The van der Waals surface area contributed by atoms with Gasteiger partial charge < -0.3 is 5.11 Å². The number of hydrogen-bond donors (Lipinski definition) is 1. The van der Waals surface area contributed by atoms with Crippen LogP contribution in [0.3, 0.4) is 0 Å². The van der Waals surface area contributed by atoms with Crippen LogP contribution in [0.15, 0.2) is 53.0 Å². The van der Waals surface area contributed by atoms with E-state index >= 15 is 0 Å². The number of carboxylic acid groups (broad SMARTS) is 1. The molecule has 0 saturated heterocycles. The van der Waals surface area contributed by atoms with E-state index in [1.165, 1.54) is 10.9 Å². The zero-order chi connectivity index (χ0) is 14.8. The van der Waals surface area contributed by atoms with Crippen LogP contribution in [0.4, 0.5) is 0 Å². The molecule has 1 aromatic heterocycles. The minimum Gasteiger partial charge on any atom is -0.478 e. The van der Waals surface area contributed by atoms with E-state index in [4.69, 9.17) is 0 Å². The lowest BCUT2D eigenvalue weighted by Crippen LogP contribution is -2.08. The molecule has 0 fully saturated rings. The minimum absolute atomic E-state index is 0.0985. The van der Waals surface area contributed by atoms with Crippen LogP contribution in [0.2, 0.25) is 0 Å². The third-order valence-corrected chi connectivity index (χ3v) is 3.34. The molecule has 21 heavy (non-hydrogen) atoms. The fourth-order valence-electron chi connectivity index (χ4n) is 1.87. The molecule has 0 spiro atoms. The van der Waals surface area contributed by atoms with E-state index in [0.29, 0.717) is 16.0 Å². The number of tetrazole rings is 1. The van der Waals surface area contributed by atoms with Gasteiger partial charge in [-0.15, -0.1) is 15.0 Å². The fraction of sp³-hybridized carbons (Fsp3) is 0. The van der Waals surface area contributed by atoms with Gasteiger partial charge in [0.2, 0.25) is 5.82 Å². The summed E-state index contributed by atoms with van der Waals surface area (Å²) in [6, 6.07) is 14.2. The van der Waals surface area contributed by atoms with Crippen LogP contribution in [-0.2, 0) is 0 Å². The molecule has 0 bridgehead atoms. The lowest BCUT2D eigenvalue weighted by molar-refractivity contribution is 0.0696. The standard InChI is InChI=1S/C14H9BrN4O2/c15-10-6-7-12(11(8-10)14(20)21)19-17-13(16-18-19)9-4-2-1-3-5-9/h1-8H,(H,20,21). The Kier molecular flexibility index (Phi) is 3.49. The van der Waals surface area contributed by atoms with Crippen molar-refractivity contribution in [3.63, 3.8) is 0 Å². The Hall–Kier alpha value is -2.54. The molecule has 3 aromatic rings. The van der Waals surface area contributed by atoms with Gasteiger partial charge >= 0.3 is 5.97 Å². The van der Waals surface area contributed by atoms with Gasteiger partial charge in [0.15, 0.2) is 0 Å². The first-order valence-electron chi connectivity index (χ1n) is 6.04. The predicted octanol–water partition coefficient (Wildman–Crippen LogP) is 2.79. The molecule has 1 heterocycles. The predicted molar refractivity (Wildman–Crippen MR) is 79.2 cm³/mol. The quantitative estimate of drug-likeness (QED) is 0.789. The van der Waals surface area contributed by atoms with Crippen LogP contribution in [0, 0.1) is 0 Å². The van der Waals surface area contributed by atoms with Crippen molar-refractivity contribution in [2.45, 2.75) is 0 Å². The molecule has 0 amide bonds. The van der Waals surface area contributed by atoms with Gasteiger partial charge in [0.05, 0.1) is 5.56 Å². The lowest BCUT2D eigenvalue weighted by atomic mass is 10.2. The summed E-state index contributed by atoms with van der Waals surface area (Å²) in [6.45, 7) is 0. The van der Waals surface area contributed by atoms with Gasteiger partial charge in [0.1, 0.15) is 5.69 Å². The van der Waals surface area contributed by atoms with Crippen LogP contribution in [0.25, 0.3) is 17.1 Å². The molecule has 7 heteroatoms. The third kappa shape index (κ3) is 2.68. The van der Waals surface area contributed by atoms with E-state index in [-0.39, 0.29) is 5.56 Å². The van der Waals surface area contributed by atoms with E-state index in [2.05, 4.69) is 31.3 Å². The number of rotatable bonds is 3. The molecule has 0 aliphatic rings. The molecule has 0 radical (unpaired) electrons. The summed E-state index contributed by atoms with van der Waals surface area (Å²) in [5, 5.41) is 21.4. The summed E-state index contributed by atoms with van der Waals surface area (Å²) in [5.74, 6) is -0.611. The molecule has 104 valence electrons. The fourth-order valence-corrected chi connectivity index (χ4v) is 2.23. The van der Waals surface area contributed by atoms with Gasteiger partial charge in [-0.3, -0.25) is 0 Å². The number of carbonyl (C=O) groups is 1. The van der Waals surface area contributed by atoms with Crippen LogP contribution < -0.4 is 0 Å². The normalized spacial score (nSPS) is 10.5. The van der Waals surface area contributed by atoms with Crippen molar-refractivity contribution in [2.24, 2.45) is 0 Å². The van der Waals surface area contributed by atoms with Crippen molar-refractivity contribution in [1.29, 1.82) is 0 Å². The second-order valence-corrected chi connectivity index (χ2v) is 5.15. The number of benzene rings is 2. The van der Waals surface area contributed by atoms with Crippen LogP contribution in [0.1, 0.15) is 10.4 Å². The minimum atomic E-state index is -1.05. The monoisotopic (exact) mass is 344 g/mol. The van der Waals surface area contributed by atoms with Crippen LogP contribution >= 0.6 is 15.9 Å². The van der Waals surface area contributed by atoms with E-state index < -0.39 is 5.97 Å². The summed E-state index contributed by atoms with van der Waals surface area (Å²) in [5.41, 5.74) is 1.28. The molecule has 0 atom stereocenters. The first kappa shape index (κ1) is 13.4. The van der Waals surface area contributed by atoms with Crippen molar-refractivity contribution < 1.29 is 9.90 Å². The zero-order valence-corrected chi connectivity index (χ0v) is 12.2. The maximum absolute atomic E-state index is 11.3. The first-order valence-corrected chi connectivity index (χ1v) is 6.83. The molecule has 0 aliphatic heterocycles. The van der Waals surface area contributed by atoms with Gasteiger partial charge in [-0.2, -0.15) is 0 Å². The Morgan fingerprint density at radius 1 is 1.14 bits per heavy atom. The third-order valence-electron chi connectivity index (χ3n) is 2.85. The van der Waals surface area contributed by atoms with Crippen LogP contribution in [-0.4, -0.2) is 31.3 Å². The van der Waals surface area contributed by atoms with Crippen LogP contribution in [0.5, 0.6) is 0 Å². The smallest absolute Gasteiger partial charge is 0.338 e. The van der Waals surface area contributed by atoms with E-state index in [9.17, 15) is 9.90 Å². The second kappa shape index (κ2) is 5.45. The average molecular weight is 345 g/mol. The average Bonchev–Trinajstić information content (AvgIpc) is 2.97. The van der Waals surface area contributed by atoms with Gasteiger partial charge in [-0.25, -0.2) is 4.79 Å². The molecule has 2 aromatic carbocycles. The summed E-state index contributed by atoms with van der Waals surface area (Å²) in [4.78, 5) is 12.5. The number of halogens is 1. The zero-order valence-electron chi connectivity index (χ0n) is 10.6. The number of hydrogen-bond acceptors (Lipinski definition) is 4. The Morgan fingerprint density at radius 3 is 2.62 bits per heavy atom. The Balaban J connectivity index is 2.07. The summed E-state index contributed by atoms with van der Waals surface area (Å²) in [6.07, 6.45) is 0. The molecule has 0 saturated carbocycles. The van der Waals surface area contributed by atoms with Gasteiger partial charge in [-0.05, 0) is 23.4 Å². The van der Waals surface area contributed by atoms with Gasteiger partial charge in [-0.1, -0.05) is 46.3 Å². The SMILES string of the molecule is O=C(O)c1cc(Br)ccc1-n1nnc(-c2ccccc2)n1. The second-order valence-electron chi connectivity index (χ2n) is 4.24. The van der Waals surface area contributed by atoms with E-state index in [0.717, 1.165) is 5.56 Å². The molecule has 6 nitrogen and oxygen atoms in total. The molecular formula is C14H9BrN4O2. The highest BCUT2D eigenvalue weighted by molar-refractivity contribution is 9.10. The number of aromatic nitrogens is 4. The first-order chi connectivity index (χ1) is 10.1. The summed E-state index contributed by atoms with van der Waals surface area (Å²) in [7, 11) is 0. The number of nitrogens with zero attached hydrogens (tertiary/aromatic N) is 4. The lowest BCUT2D eigenvalue weighted by Gasteiger charge is -2.04. The number of aromatic carboxylic acids is 1. The Labute approximate surface area is 128 Å². The molecule has 0 aliphatic carbocycles. The summed E-state index contributed by atoms with van der Waals surface area (Å²) < 4.78 is 0.673. The molecular weight excluding hydrogens is 336 g/mol. The van der Waals surface area contributed by atoms with Crippen molar-refractivity contribution in [2.75, 3.05) is 0 Å². The van der Waals surface area contributed by atoms with Crippen molar-refractivity contribution in [3.8, 4) is 17.1 Å². The Bertz CT molecular complexity index is 802. The highest BCUT2D eigenvalue weighted by atomic mass is 79.9. The van der Waals surface area contributed by atoms with E-state index in [1.54, 1.807) is 12.1 Å². The van der Waals surface area contributed by atoms with Gasteiger partial charge in [0, 0.05) is 10.0 Å². The topological polar surface area (TPSA) is 80.9 Å². The summed E-state index contributed by atoms with van der Waals surface area (Å²) >= 11 is 3.25. The molecule has 1 N–H and O–H groups in total. The maximum atomic E-state index is 11.3. The van der Waals surface area contributed by atoms with Gasteiger partial charge in [0.25, 0.3) is 0 Å². The van der Waals surface area contributed by atoms with E-state index in [1.807, 2.05) is 30.3 Å². The van der Waals surface area contributed by atoms with Crippen molar-refractivity contribution in [3.05, 3.63) is 58.6 Å². The maximum Gasteiger partial charge on any atom is 0.338 e. The highest BCUT2D eigenvalue weighted by Gasteiger charge is 2.15. The largest absolute Gasteiger partial charge is 0.478 e. The molecule has 3 rings (SSSR count). The number of carboxylic acids is 1. The van der Waals surface area contributed by atoms with Crippen molar-refractivity contribution >= 4 is 21.9 Å². The highest BCUT2D eigenvalue weighted by Crippen LogP contribution is 2.20. The molecule has 0 unspecified atom stereocenters. The van der Waals surface area contributed by atoms with Crippen molar-refractivity contribution in [1.82, 2.24) is 20.2 Å².